The molecule has 0 aromatic heterocycles. The highest BCUT2D eigenvalue weighted by Crippen LogP contribution is 2.44. The molecule has 4 heteroatoms. The molecule has 0 saturated carbocycles. The predicted octanol–water partition coefficient (Wildman–Crippen LogP) is 18.9. The molecule has 2 aliphatic rings. The fourth-order valence-corrected chi connectivity index (χ4v) is 10.9. The second-order valence-electron chi connectivity index (χ2n) is 20.1. The zero-order chi connectivity index (χ0) is 47.5. The molecule has 0 radical (unpaired) electrons. The Morgan fingerprint density at radius 2 is 0.647 bits per heavy atom. The minimum Gasteiger partial charge on any atom is -0.422 e. The number of rotatable bonds is 32. The Kier molecular flexibility index (Phi) is 20.0. The number of hydrogen-bond acceptors (Lipinski definition) is 4. The number of hydrogen-bond donors (Lipinski definition) is 0. The molecule has 0 amide bonds. The van der Waals surface area contributed by atoms with Crippen LogP contribution in [0, 0.1) is 0 Å². The number of unbranched alkanes of at least 4 members (excludes halogenated alkanes) is 20. The van der Waals surface area contributed by atoms with E-state index in [1.807, 2.05) is 12.1 Å². The number of carbonyl (C=O) groups excluding carboxylic acids is 2. The maximum Gasteiger partial charge on any atom is 0.344 e. The van der Waals surface area contributed by atoms with Crippen molar-refractivity contribution in [3.8, 4) is 0 Å². The van der Waals surface area contributed by atoms with Gasteiger partial charge in [0.05, 0.1) is 11.1 Å². The van der Waals surface area contributed by atoms with Gasteiger partial charge in [-0.1, -0.05) is 217 Å². The van der Waals surface area contributed by atoms with Crippen molar-refractivity contribution in [2.24, 2.45) is 0 Å². The molecule has 7 rings (SSSR count). The van der Waals surface area contributed by atoms with Crippen LogP contribution in [0.3, 0.4) is 0 Å². The van der Waals surface area contributed by atoms with Gasteiger partial charge in [-0.25, -0.2) is 9.59 Å². The summed E-state index contributed by atoms with van der Waals surface area (Å²) < 4.78 is 13.1. The Labute approximate surface area is 410 Å². The largest absolute Gasteiger partial charge is 0.422 e. The number of aryl methyl sites for hydroxylation is 4. The van der Waals surface area contributed by atoms with E-state index >= 15 is 0 Å². The fourth-order valence-electron chi connectivity index (χ4n) is 10.9. The van der Waals surface area contributed by atoms with Crippen LogP contribution in [-0.2, 0) is 35.2 Å². The standard InChI is InChI=1S/C64H82O4/c1-5-9-13-17-21-25-31-47-37-39-51-43-41-49(33-27-23-19-15-11-7-3)61-57(45-55(47)59(51)61)67-63(65)53-35-29-30-36-54(53)64(66)68-58-46-56-48(32-26-22-18-14-10-6-2)38-40-52-44-42-50(62(58)60(52)56)34-28-24-20-16-12-8-4/h29-30,35-46H,5-28,31-34H2,1-4H3. The van der Waals surface area contributed by atoms with Crippen LogP contribution in [-0.4, -0.2) is 11.9 Å². The van der Waals surface area contributed by atoms with Crippen molar-refractivity contribution >= 4 is 57.2 Å². The number of benzene rings is 5. The summed E-state index contributed by atoms with van der Waals surface area (Å²) >= 11 is 0. The molecule has 2 aliphatic carbocycles. The van der Waals surface area contributed by atoms with Crippen LogP contribution >= 0.6 is 0 Å². The van der Waals surface area contributed by atoms with Crippen LogP contribution < -0.4 is 0 Å². The molecule has 362 valence electrons. The van der Waals surface area contributed by atoms with Crippen LogP contribution in [0.15, 0.2) is 72.8 Å². The second kappa shape index (κ2) is 26.7. The first-order valence-electron chi connectivity index (χ1n) is 27.6. The molecule has 5 aromatic carbocycles. The quantitative estimate of drug-likeness (QED) is 0.0319. The van der Waals surface area contributed by atoms with Gasteiger partial charge in [-0.05, 0) is 120 Å². The van der Waals surface area contributed by atoms with Crippen molar-refractivity contribution < 1.29 is 19.1 Å². The highest BCUT2D eigenvalue weighted by atomic mass is 16.5. The summed E-state index contributed by atoms with van der Waals surface area (Å²) in [5.74, 6) is 0.112. The van der Waals surface area contributed by atoms with Gasteiger partial charge in [-0.2, -0.15) is 0 Å². The summed E-state index contributed by atoms with van der Waals surface area (Å²) in [6.45, 7) is 9.06. The third kappa shape index (κ3) is 13.0. The fraction of sp³-hybridized carbons (Fsp3) is 0.500. The van der Waals surface area contributed by atoms with E-state index in [0.29, 0.717) is 11.5 Å². The van der Waals surface area contributed by atoms with Crippen molar-refractivity contribution in [1.29, 1.82) is 0 Å². The first-order valence-corrected chi connectivity index (χ1v) is 27.6. The SMILES string of the molecule is CCCCCCCCc1ccc2ccc(CCCCCCCC)c3c2c1C=C3OC(=O)c1ccccc1C(=O)OC1=Cc2c(CCCCCCCC)ccc3ccc(CCCCCCCC)c1c23. The van der Waals surface area contributed by atoms with Gasteiger partial charge in [0, 0.05) is 21.9 Å². The lowest BCUT2D eigenvalue weighted by atomic mass is 9.92. The Balaban J connectivity index is 1.14. The average Bonchev–Trinajstić information content (AvgIpc) is 3.93. The van der Waals surface area contributed by atoms with E-state index in [-0.39, 0.29) is 11.1 Å². The van der Waals surface area contributed by atoms with E-state index in [2.05, 4.69) is 88.4 Å². The van der Waals surface area contributed by atoms with Gasteiger partial charge in [-0.15, -0.1) is 0 Å². The van der Waals surface area contributed by atoms with Gasteiger partial charge < -0.3 is 9.47 Å². The summed E-state index contributed by atoms with van der Waals surface area (Å²) in [7, 11) is 0. The molecule has 0 fully saturated rings. The Bertz CT molecular complexity index is 2330. The van der Waals surface area contributed by atoms with Gasteiger partial charge in [-0.3, -0.25) is 0 Å². The lowest BCUT2D eigenvalue weighted by Gasteiger charge is -2.16. The number of carbonyl (C=O) groups is 2. The second-order valence-corrected chi connectivity index (χ2v) is 20.1. The maximum atomic E-state index is 14.6. The van der Waals surface area contributed by atoms with Crippen molar-refractivity contribution in [3.05, 3.63) is 128 Å². The van der Waals surface area contributed by atoms with Gasteiger partial charge in [0.15, 0.2) is 0 Å². The highest BCUT2D eigenvalue weighted by molar-refractivity contribution is 6.14. The van der Waals surface area contributed by atoms with Crippen LogP contribution in [0.1, 0.15) is 247 Å². The summed E-state index contributed by atoms with van der Waals surface area (Å²) in [5.41, 5.74) is 9.96. The topological polar surface area (TPSA) is 52.6 Å². The Hall–Kier alpha value is -4.96. The van der Waals surface area contributed by atoms with E-state index in [1.165, 1.54) is 183 Å². The van der Waals surface area contributed by atoms with Crippen molar-refractivity contribution in [2.75, 3.05) is 0 Å². The van der Waals surface area contributed by atoms with E-state index < -0.39 is 11.9 Å². The smallest absolute Gasteiger partial charge is 0.344 e. The van der Waals surface area contributed by atoms with Crippen molar-refractivity contribution in [3.63, 3.8) is 0 Å². The zero-order valence-electron chi connectivity index (χ0n) is 42.5. The zero-order valence-corrected chi connectivity index (χ0v) is 42.5. The molecule has 0 unspecified atom stereocenters. The van der Waals surface area contributed by atoms with E-state index in [9.17, 15) is 9.59 Å². The molecule has 0 saturated heterocycles. The lowest BCUT2D eigenvalue weighted by Crippen LogP contribution is -2.13. The number of ether oxygens (including phenoxy) is 2. The molecule has 0 bridgehead atoms. The molecular weight excluding hydrogens is 833 g/mol. The van der Waals surface area contributed by atoms with Crippen molar-refractivity contribution in [2.45, 2.75) is 207 Å². The minimum absolute atomic E-state index is 0.219. The van der Waals surface area contributed by atoms with E-state index in [1.54, 1.807) is 12.1 Å². The molecule has 0 N–H and O–H groups in total. The third-order valence-corrected chi connectivity index (χ3v) is 14.8. The third-order valence-electron chi connectivity index (χ3n) is 14.8. The maximum absolute atomic E-state index is 14.6. The first-order chi connectivity index (χ1) is 33.5. The van der Waals surface area contributed by atoms with Crippen LogP contribution in [0.5, 0.6) is 0 Å². The Morgan fingerprint density at radius 3 is 0.985 bits per heavy atom. The first kappa shape index (κ1) is 50.9. The predicted molar refractivity (Wildman–Crippen MR) is 289 cm³/mol. The summed E-state index contributed by atoms with van der Waals surface area (Å²) in [4.78, 5) is 29.3. The van der Waals surface area contributed by atoms with Gasteiger partial charge >= 0.3 is 11.9 Å². The average molecular weight is 915 g/mol. The van der Waals surface area contributed by atoms with E-state index in [4.69, 9.17) is 9.47 Å². The summed E-state index contributed by atoms with van der Waals surface area (Å²) in [6, 6.07) is 25.1. The Morgan fingerprint density at radius 1 is 0.353 bits per heavy atom. The molecule has 4 nitrogen and oxygen atoms in total. The monoisotopic (exact) mass is 915 g/mol. The van der Waals surface area contributed by atoms with Gasteiger partial charge in [0.1, 0.15) is 11.5 Å². The molecule has 68 heavy (non-hydrogen) atoms. The molecule has 0 atom stereocenters. The van der Waals surface area contributed by atoms with Crippen LogP contribution in [0.25, 0.3) is 45.2 Å². The molecular formula is C64H82O4. The molecule has 0 aliphatic heterocycles. The van der Waals surface area contributed by atoms with Gasteiger partial charge in [0.2, 0.25) is 0 Å². The lowest BCUT2D eigenvalue weighted by molar-refractivity contribution is 0.0650. The molecule has 0 spiro atoms. The minimum atomic E-state index is -0.535. The van der Waals surface area contributed by atoms with Crippen LogP contribution in [0.2, 0.25) is 0 Å². The molecule has 0 heterocycles. The van der Waals surface area contributed by atoms with E-state index in [0.717, 1.165) is 62.5 Å². The normalized spacial score (nSPS) is 12.6. The van der Waals surface area contributed by atoms with Gasteiger partial charge in [0.25, 0.3) is 0 Å². The summed E-state index contributed by atoms with van der Waals surface area (Å²) in [5, 5.41) is 4.74. The number of esters is 2. The highest BCUT2D eigenvalue weighted by Gasteiger charge is 2.30. The van der Waals surface area contributed by atoms with Crippen LogP contribution in [0.4, 0.5) is 0 Å². The van der Waals surface area contributed by atoms with Crippen molar-refractivity contribution in [1.82, 2.24) is 0 Å². The molecule has 5 aromatic rings. The summed E-state index contributed by atoms with van der Waals surface area (Å²) in [6.07, 6.45) is 37.7.